The van der Waals surface area contributed by atoms with E-state index in [1.807, 2.05) is 6.08 Å². The predicted octanol–water partition coefficient (Wildman–Crippen LogP) is 15.6. The maximum atomic E-state index is 12.5. The Hall–Kier alpha value is -0.910. The average Bonchev–Trinajstić information content (AvgIpc) is 3.22. The number of unbranched alkanes of at least 4 members (excludes halogenated alkanes) is 40. The summed E-state index contributed by atoms with van der Waals surface area (Å²) in [6.07, 6.45) is 58.4. The van der Waals surface area contributed by atoms with Crippen LogP contribution in [-0.2, 0) is 4.79 Å². The van der Waals surface area contributed by atoms with Crippen LogP contribution in [0.3, 0.4) is 0 Å². The highest BCUT2D eigenvalue weighted by Crippen LogP contribution is 2.17. The Bertz CT molecular complexity index is 803. The summed E-state index contributed by atoms with van der Waals surface area (Å²) in [7, 11) is 0. The summed E-state index contributed by atoms with van der Waals surface area (Å²) in [6, 6.07) is -0.793. The third-order valence-electron chi connectivity index (χ3n) is 12.4. The van der Waals surface area contributed by atoms with Gasteiger partial charge in [-0.2, -0.15) is 0 Å². The first-order valence-electron chi connectivity index (χ1n) is 26.0. The summed E-state index contributed by atoms with van der Waals surface area (Å²) in [6.45, 7) is 4.22. The van der Waals surface area contributed by atoms with Gasteiger partial charge in [-0.15, -0.1) is 0 Å². The molecule has 0 radical (unpaired) electrons. The van der Waals surface area contributed by atoms with E-state index >= 15 is 0 Å². The van der Waals surface area contributed by atoms with E-state index < -0.39 is 24.2 Å². The molecule has 0 aliphatic carbocycles. The van der Waals surface area contributed by atoms with Crippen LogP contribution in [0.1, 0.15) is 290 Å². The van der Waals surface area contributed by atoms with Crippen molar-refractivity contribution in [1.29, 1.82) is 0 Å². The first kappa shape index (κ1) is 56.1. The number of rotatable bonds is 48. The molecule has 0 aromatic rings. The second-order valence-corrected chi connectivity index (χ2v) is 18.1. The second-order valence-electron chi connectivity index (χ2n) is 18.1. The number of nitrogens with one attached hydrogen (secondary N) is 1. The zero-order chi connectivity index (χ0) is 41.5. The number of hydrogen-bond acceptors (Lipinski definition) is 4. The predicted molar refractivity (Wildman–Crippen MR) is 250 cm³/mol. The standard InChI is InChI=1S/C52H103NO4/c1-3-5-7-9-11-13-15-17-19-21-23-24-25-26-27-29-31-33-35-37-39-41-43-45-47-51(56)52(57)53-49(48-54)50(55)46-44-42-40-38-36-34-32-30-28-22-20-18-16-14-12-10-8-6-4-2/h44,46,49-51,54-56H,3-43,45,47-48H2,1-2H3,(H,53,57)/b46-44+. The third kappa shape index (κ3) is 43.0. The molecule has 0 heterocycles. The second kappa shape index (κ2) is 47.8. The molecular weight excluding hydrogens is 703 g/mol. The lowest BCUT2D eigenvalue weighted by molar-refractivity contribution is -0.131. The molecule has 5 nitrogen and oxygen atoms in total. The van der Waals surface area contributed by atoms with Gasteiger partial charge >= 0.3 is 0 Å². The Morgan fingerprint density at radius 1 is 0.421 bits per heavy atom. The number of carbonyl (C=O) groups is 1. The molecule has 5 heteroatoms. The Labute approximate surface area is 357 Å². The lowest BCUT2D eigenvalue weighted by Gasteiger charge is -2.21. The number of aliphatic hydroxyl groups is 3. The Kier molecular flexibility index (Phi) is 47.0. The topological polar surface area (TPSA) is 89.8 Å². The average molecular weight is 806 g/mol. The molecule has 3 unspecified atom stereocenters. The van der Waals surface area contributed by atoms with Gasteiger partial charge in [-0.3, -0.25) is 4.79 Å². The van der Waals surface area contributed by atoms with Crippen LogP contribution < -0.4 is 5.32 Å². The molecule has 0 saturated carbocycles. The van der Waals surface area contributed by atoms with Crippen molar-refractivity contribution in [2.45, 2.75) is 308 Å². The molecule has 0 aromatic heterocycles. The number of allylic oxidation sites excluding steroid dienone is 1. The lowest BCUT2D eigenvalue weighted by Crippen LogP contribution is -2.48. The molecule has 0 bridgehead atoms. The van der Waals surface area contributed by atoms with E-state index in [4.69, 9.17) is 0 Å². The molecule has 0 aromatic carbocycles. The van der Waals surface area contributed by atoms with Crippen molar-refractivity contribution in [2.75, 3.05) is 6.61 Å². The molecule has 0 aliphatic heterocycles. The zero-order valence-electron chi connectivity index (χ0n) is 38.7. The van der Waals surface area contributed by atoms with E-state index in [1.54, 1.807) is 6.08 Å². The minimum atomic E-state index is -1.09. The van der Waals surface area contributed by atoms with Gasteiger partial charge < -0.3 is 20.6 Å². The third-order valence-corrected chi connectivity index (χ3v) is 12.4. The molecule has 4 N–H and O–H groups in total. The van der Waals surface area contributed by atoms with E-state index in [9.17, 15) is 20.1 Å². The van der Waals surface area contributed by atoms with Crippen LogP contribution in [0, 0.1) is 0 Å². The maximum Gasteiger partial charge on any atom is 0.249 e. The molecule has 0 fully saturated rings. The number of amides is 1. The summed E-state index contributed by atoms with van der Waals surface area (Å²) < 4.78 is 0. The van der Waals surface area contributed by atoms with Crippen LogP contribution in [0.4, 0.5) is 0 Å². The minimum Gasteiger partial charge on any atom is -0.394 e. The lowest BCUT2D eigenvalue weighted by atomic mass is 10.0. The van der Waals surface area contributed by atoms with E-state index in [2.05, 4.69) is 19.2 Å². The summed E-state index contributed by atoms with van der Waals surface area (Å²) in [4.78, 5) is 12.5. The summed E-state index contributed by atoms with van der Waals surface area (Å²) >= 11 is 0. The molecule has 1 amide bonds. The largest absolute Gasteiger partial charge is 0.394 e. The van der Waals surface area contributed by atoms with Crippen molar-refractivity contribution < 1.29 is 20.1 Å². The number of aliphatic hydroxyl groups excluding tert-OH is 3. The van der Waals surface area contributed by atoms with Crippen LogP contribution in [0.25, 0.3) is 0 Å². The fourth-order valence-electron chi connectivity index (χ4n) is 8.31. The monoisotopic (exact) mass is 806 g/mol. The highest BCUT2D eigenvalue weighted by atomic mass is 16.3. The van der Waals surface area contributed by atoms with Gasteiger partial charge in [-0.05, 0) is 19.3 Å². The van der Waals surface area contributed by atoms with Crippen molar-refractivity contribution in [3.63, 3.8) is 0 Å². The quantitative estimate of drug-likeness (QED) is 0.0364. The SMILES string of the molecule is CCCCCCCCCCCCCCCCCCC/C=C/C(O)C(CO)NC(=O)C(O)CCCCCCCCCCCCCCCCCCCCCCCCCC. The maximum absolute atomic E-state index is 12.5. The van der Waals surface area contributed by atoms with Crippen molar-refractivity contribution in [2.24, 2.45) is 0 Å². The summed E-state index contributed by atoms with van der Waals surface area (Å²) in [5.41, 5.74) is 0. The van der Waals surface area contributed by atoms with Crippen LogP contribution in [0.15, 0.2) is 12.2 Å². The van der Waals surface area contributed by atoms with E-state index in [0.29, 0.717) is 6.42 Å². The minimum absolute atomic E-state index is 0.359. The smallest absolute Gasteiger partial charge is 0.249 e. The fourth-order valence-corrected chi connectivity index (χ4v) is 8.31. The molecular formula is C52H103NO4. The summed E-state index contributed by atoms with van der Waals surface area (Å²) in [5, 5.41) is 33.3. The van der Waals surface area contributed by atoms with Gasteiger partial charge in [0, 0.05) is 0 Å². The molecule has 0 rings (SSSR count). The number of hydrogen-bond donors (Lipinski definition) is 4. The van der Waals surface area contributed by atoms with E-state index in [0.717, 1.165) is 32.1 Å². The highest BCUT2D eigenvalue weighted by molar-refractivity contribution is 5.80. The van der Waals surface area contributed by atoms with Crippen LogP contribution in [0.5, 0.6) is 0 Å². The Morgan fingerprint density at radius 3 is 0.965 bits per heavy atom. The van der Waals surface area contributed by atoms with Crippen molar-refractivity contribution in [1.82, 2.24) is 5.32 Å². The van der Waals surface area contributed by atoms with Crippen molar-refractivity contribution >= 4 is 5.91 Å². The van der Waals surface area contributed by atoms with Gasteiger partial charge in [-0.1, -0.05) is 283 Å². The van der Waals surface area contributed by atoms with Crippen molar-refractivity contribution in [3.05, 3.63) is 12.2 Å². The van der Waals surface area contributed by atoms with E-state index in [1.165, 1.54) is 238 Å². The van der Waals surface area contributed by atoms with E-state index in [-0.39, 0.29) is 6.61 Å². The Morgan fingerprint density at radius 2 is 0.684 bits per heavy atom. The molecule has 0 aliphatic rings. The fraction of sp³-hybridized carbons (Fsp3) is 0.942. The molecule has 57 heavy (non-hydrogen) atoms. The van der Waals surface area contributed by atoms with Crippen molar-refractivity contribution in [3.8, 4) is 0 Å². The van der Waals surface area contributed by atoms with Gasteiger partial charge in [0.1, 0.15) is 6.10 Å². The van der Waals surface area contributed by atoms with Gasteiger partial charge in [0.15, 0.2) is 0 Å². The first-order chi connectivity index (χ1) is 28.1. The molecule has 340 valence electrons. The van der Waals surface area contributed by atoms with Gasteiger partial charge in [0.25, 0.3) is 0 Å². The van der Waals surface area contributed by atoms with Crippen LogP contribution in [-0.4, -0.2) is 46.1 Å². The molecule has 0 saturated heterocycles. The highest BCUT2D eigenvalue weighted by Gasteiger charge is 2.22. The van der Waals surface area contributed by atoms with Gasteiger partial charge in [-0.25, -0.2) is 0 Å². The summed E-state index contributed by atoms with van der Waals surface area (Å²) in [5.74, 6) is -0.497. The number of carbonyl (C=O) groups excluding carboxylic acids is 1. The van der Waals surface area contributed by atoms with Crippen LogP contribution >= 0.6 is 0 Å². The first-order valence-corrected chi connectivity index (χ1v) is 26.0. The zero-order valence-corrected chi connectivity index (χ0v) is 38.7. The normalized spacial score (nSPS) is 13.4. The van der Waals surface area contributed by atoms with Gasteiger partial charge in [0.05, 0.1) is 18.8 Å². The molecule has 0 spiro atoms. The molecule has 3 atom stereocenters. The Balaban J connectivity index is 3.56. The van der Waals surface area contributed by atoms with Crippen LogP contribution in [0.2, 0.25) is 0 Å². The van der Waals surface area contributed by atoms with Gasteiger partial charge in [0.2, 0.25) is 5.91 Å².